The summed E-state index contributed by atoms with van der Waals surface area (Å²) in [4.78, 5) is 53.4. The van der Waals surface area contributed by atoms with Gasteiger partial charge in [-0.1, -0.05) is 82.1 Å². The summed E-state index contributed by atoms with van der Waals surface area (Å²) in [6, 6.07) is 23.9. The third-order valence-corrected chi connectivity index (χ3v) is 7.70. The zero-order valence-corrected chi connectivity index (χ0v) is 26.2. The summed E-state index contributed by atoms with van der Waals surface area (Å²) in [7, 11) is 0. The molecule has 0 radical (unpaired) electrons. The number of Topliss-reactive ketones (excluding diaryl/α,β-unsaturated/α-hetero) is 1. The van der Waals surface area contributed by atoms with Gasteiger partial charge in [0, 0.05) is 12.0 Å². The number of para-hydroxylation sites is 1. The van der Waals surface area contributed by atoms with Crippen LogP contribution in [0.15, 0.2) is 84.9 Å². The Labute approximate surface area is 264 Å². The van der Waals surface area contributed by atoms with E-state index in [0.717, 1.165) is 12.0 Å². The maximum atomic E-state index is 13.1. The van der Waals surface area contributed by atoms with E-state index in [1.807, 2.05) is 81.4 Å². The average molecular weight is 616 g/mol. The lowest BCUT2D eigenvalue weighted by atomic mass is 9.90. The molecule has 3 aromatic rings. The molecule has 10 nitrogen and oxygen atoms in total. The van der Waals surface area contributed by atoms with E-state index in [1.54, 1.807) is 31.2 Å². The second-order valence-electron chi connectivity index (χ2n) is 11.8. The lowest BCUT2D eigenvalue weighted by Gasteiger charge is -2.26. The van der Waals surface area contributed by atoms with Crippen LogP contribution in [0.25, 0.3) is 0 Å². The molecule has 238 valence electrons. The fourth-order valence-electron chi connectivity index (χ4n) is 5.04. The SMILES string of the molecule is CCCC[C@H](NC(=O)O[C@H]1CN(C(=O)Oc2ccc(Oc3ccccc3)cc2)CC1(C)C)C(=O)C(=O)N[C@H](C)c1ccccc1. The Hall–Kier alpha value is -4.86. The van der Waals surface area contributed by atoms with Crippen LogP contribution in [-0.4, -0.2) is 54.0 Å². The van der Waals surface area contributed by atoms with Gasteiger partial charge in [0.2, 0.25) is 5.78 Å². The average Bonchev–Trinajstić information content (AvgIpc) is 3.34. The lowest BCUT2D eigenvalue weighted by molar-refractivity contribution is -0.139. The third kappa shape index (κ3) is 9.31. The van der Waals surface area contributed by atoms with Gasteiger partial charge in [0.1, 0.15) is 29.4 Å². The number of hydrogen-bond acceptors (Lipinski definition) is 7. The van der Waals surface area contributed by atoms with E-state index in [9.17, 15) is 19.2 Å². The highest BCUT2D eigenvalue weighted by Gasteiger charge is 2.45. The maximum absolute atomic E-state index is 13.1. The van der Waals surface area contributed by atoms with E-state index in [1.165, 1.54) is 4.90 Å². The number of benzene rings is 3. The molecule has 3 aromatic carbocycles. The van der Waals surface area contributed by atoms with Crippen LogP contribution in [0.4, 0.5) is 9.59 Å². The number of hydrogen-bond donors (Lipinski definition) is 2. The van der Waals surface area contributed by atoms with Gasteiger partial charge in [-0.15, -0.1) is 0 Å². The normalized spacial score (nSPS) is 16.6. The fourth-order valence-corrected chi connectivity index (χ4v) is 5.04. The van der Waals surface area contributed by atoms with E-state index in [4.69, 9.17) is 14.2 Å². The number of carbonyl (C=O) groups excluding carboxylic acids is 4. The quantitative estimate of drug-likeness (QED) is 0.225. The molecule has 3 amide bonds. The molecule has 0 unspecified atom stereocenters. The van der Waals surface area contributed by atoms with Crippen molar-refractivity contribution >= 4 is 23.9 Å². The first-order valence-electron chi connectivity index (χ1n) is 15.2. The van der Waals surface area contributed by atoms with Crippen molar-refractivity contribution in [2.24, 2.45) is 5.41 Å². The Morgan fingerprint density at radius 2 is 1.47 bits per heavy atom. The second-order valence-corrected chi connectivity index (χ2v) is 11.8. The van der Waals surface area contributed by atoms with Gasteiger partial charge in [-0.05, 0) is 55.3 Å². The number of nitrogens with one attached hydrogen (secondary N) is 2. The first-order valence-corrected chi connectivity index (χ1v) is 15.2. The highest BCUT2D eigenvalue weighted by molar-refractivity contribution is 6.38. The number of amides is 3. The van der Waals surface area contributed by atoms with Crippen LogP contribution < -0.4 is 20.1 Å². The van der Waals surface area contributed by atoms with Crippen molar-refractivity contribution < 1.29 is 33.4 Å². The van der Waals surface area contributed by atoms with Crippen LogP contribution in [0.2, 0.25) is 0 Å². The summed E-state index contributed by atoms with van der Waals surface area (Å²) in [5.41, 5.74) is 0.270. The minimum absolute atomic E-state index is 0.108. The number of alkyl carbamates (subject to hydrolysis) is 1. The molecule has 0 aliphatic carbocycles. The van der Waals surface area contributed by atoms with E-state index >= 15 is 0 Å². The summed E-state index contributed by atoms with van der Waals surface area (Å²) >= 11 is 0. The number of ether oxygens (including phenoxy) is 3. The maximum Gasteiger partial charge on any atom is 0.415 e. The fraction of sp³-hybridized carbons (Fsp3) is 0.371. The highest BCUT2D eigenvalue weighted by atomic mass is 16.6. The van der Waals surface area contributed by atoms with Crippen LogP contribution in [-0.2, 0) is 14.3 Å². The van der Waals surface area contributed by atoms with Crippen molar-refractivity contribution in [3.05, 3.63) is 90.5 Å². The molecule has 3 atom stereocenters. The Bertz CT molecular complexity index is 1450. The molecule has 0 saturated carbocycles. The smallest absolute Gasteiger partial charge is 0.415 e. The van der Waals surface area contributed by atoms with Gasteiger partial charge in [0.15, 0.2) is 0 Å². The third-order valence-electron chi connectivity index (χ3n) is 7.70. The molecule has 1 heterocycles. The Morgan fingerprint density at radius 1 is 0.867 bits per heavy atom. The van der Waals surface area contributed by atoms with Crippen LogP contribution in [0.5, 0.6) is 17.2 Å². The Balaban J connectivity index is 1.31. The monoisotopic (exact) mass is 615 g/mol. The number of likely N-dealkylation sites (tertiary alicyclic amines) is 1. The van der Waals surface area contributed by atoms with Gasteiger partial charge in [-0.25, -0.2) is 9.59 Å². The molecule has 1 aliphatic heterocycles. The van der Waals surface area contributed by atoms with E-state index in [2.05, 4.69) is 10.6 Å². The number of ketones is 1. The molecule has 1 saturated heterocycles. The first kappa shape index (κ1) is 33.0. The minimum Gasteiger partial charge on any atom is -0.457 e. The van der Waals surface area contributed by atoms with E-state index < -0.39 is 41.4 Å². The van der Waals surface area contributed by atoms with Crippen molar-refractivity contribution in [3.63, 3.8) is 0 Å². The number of unbranched alkanes of at least 4 members (excludes halogenated alkanes) is 1. The molecular weight excluding hydrogens is 574 g/mol. The Morgan fingerprint density at radius 3 is 2.11 bits per heavy atom. The van der Waals surface area contributed by atoms with Crippen molar-refractivity contribution in [1.82, 2.24) is 15.5 Å². The summed E-state index contributed by atoms with van der Waals surface area (Å²) in [6.07, 6.45) is -0.369. The zero-order valence-electron chi connectivity index (χ0n) is 26.2. The van der Waals surface area contributed by atoms with Crippen LogP contribution >= 0.6 is 0 Å². The molecule has 0 spiro atoms. The summed E-state index contributed by atoms with van der Waals surface area (Å²) < 4.78 is 17.1. The first-order chi connectivity index (χ1) is 21.6. The Kier molecular flexibility index (Phi) is 11.2. The van der Waals surface area contributed by atoms with Crippen LogP contribution in [0.1, 0.15) is 58.6 Å². The molecular formula is C35H41N3O7. The van der Waals surface area contributed by atoms with Crippen LogP contribution in [0.3, 0.4) is 0 Å². The van der Waals surface area contributed by atoms with Crippen molar-refractivity contribution in [2.45, 2.75) is 65.1 Å². The largest absolute Gasteiger partial charge is 0.457 e. The number of nitrogens with zero attached hydrogens (tertiary/aromatic N) is 1. The molecule has 2 N–H and O–H groups in total. The van der Waals surface area contributed by atoms with Gasteiger partial charge in [0.25, 0.3) is 5.91 Å². The summed E-state index contributed by atoms with van der Waals surface area (Å²) in [5.74, 6) is 0.125. The van der Waals surface area contributed by atoms with Gasteiger partial charge in [-0.3, -0.25) is 9.59 Å². The standard InChI is InChI=1S/C35H41N3O7/c1-5-6-17-29(31(39)32(40)36-24(2)25-13-9-7-10-14-25)37-33(41)45-30-22-38(23-35(30,3)4)34(42)44-28-20-18-27(19-21-28)43-26-15-11-8-12-16-26/h7-16,18-21,24,29-30H,5-6,17,22-23H2,1-4H3,(H,36,40)(H,37,41)/t24-,29+,30+/m1/s1. The predicted octanol–water partition coefficient (Wildman–Crippen LogP) is 6.42. The predicted molar refractivity (Wildman–Crippen MR) is 169 cm³/mol. The number of carbonyl (C=O) groups is 4. The number of rotatable bonds is 12. The van der Waals surface area contributed by atoms with Crippen molar-refractivity contribution in [3.8, 4) is 17.2 Å². The molecule has 0 bridgehead atoms. The van der Waals surface area contributed by atoms with Gasteiger partial charge in [-0.2, -0.15) is 0 Å². The second kappa shape index (κ2) is 15.2. The summed E-state index contributed by atoms with van der Waals surface area (Å²) in [5, 5.41) is 5.32. The van der Waals surface area contributed by atoms with Crippen molar-refractivity contribution in [2.75, 3.05) is 13.1 Å². The van der Waals surface area contributed by atoms with Gasteiger partial charge < -0.3 is 29.7 Å². The summed E-state index contributed by atoms with van der Waals surface area (Å²) in [6.45, 7) is 7.91. The molecule has 1 aliphatic rings. The van der Waals surface area contributed by atoms with Gasteiger partial charge >= 0.3 is 12.2 Å². The van der Waals surface area contributed by atoms with Gasteiger partial charge in [0.05, 0.1) is 12.6 Å². The molecule has 10 heteroatoms. The van der Waals surface area contributed by atoms with E-state index in [-0.39, 0.29) is 19.1 Å². The van der Waals surface area contributed by atoms with E-state index in [0.29, 0.717) is 30.1 Å². The minimum atomic E-state index is -1.04. The molecule has 1 fully saturated rings. The molecule has 45 heavy (non-hydrogen) atoms. The van der Waals surface area contributed by atoms with Crippen molar-refractivity contribution in [1.29, 1.82) is 0 Å². The zero-order chi connectivity index (χ0) is 32.4. The van der Waals surface area contributed by atoms with Crippen LogP contribution in [0, 0.1) is 5.41 Å². The lowest BCUT2D eigenvalue weighted by Crippen LogP contribution is -2.49. The molecule has 4 rings (SSSR count). The molecule has 0 aromatic heterocycles. The topological polar surface area (TPSA) is 123 Å². The highest BCUT2D eigenvalue weighted by Crippen LogP contribution is 2.33.